The van der Waals surface area contributed by atoms with Crippen LogP contribution in [0, 0.1) is 11.6 Å². The molecular formula is C30H31F5N8O3. The Labute approximate surface area is 260 Å². The fourth-order valence-electron chi connectivity index (χ4n) is 5.68. The van der Waals surface area contributed by atoms with Gasteiger partial charge >= 0.3 is 18.2 Å². The molecular weight excluding hydrogens is 615 g/mol. The van der Waals surface area contributed by atoms with Gasteiger partial charge in [0.2, 0.25) is 0 Å². The SMILES string of the molecule is COCc1c(-c2ccc(NC(=O)Nc3cc(C(F)(F)F)ccc3F)c(F)c2)c2c(N)ncnn2c1C1CCN(C(=O)N(C)C)CC1. The van der Waals surface area contributed by atoms with Crippen LogP contribution in [-0.2, 0) is 17.5 Å². The lowest BCUT2D eigenvalue weighted by Crippen LogP contribution is -2.43. The third-order valence-corrected chi connectivity index (χ3v) is 7.77. The Hall–Kier alpha value is -4.99. The van der Waals surface area contributed by atoms with E-state index in [0.717, 1.165) is 11.8 Å². The van der Waals surface area contributed by atoms with E-state index in [1.54, 1.807) is 23.5 Å². The normalized spacial score (nSPS) is 14.0. The number of hydrogen-bond donors (Lipinski definition) is 3. The second-order valence-corrected chi connectivity index (χ2v) is 11.0. The number of halogens is 5. The summed E-state index contributed by atoms with van der Waals surface area (Å²) in [5, 5.41) is 8.64. The minimum atomic E-state index is -4.76. The van der Waals surface area contributed by atoms with E-state index >= 15 is 4.39 Å². The summed E-state index contributed by atoms with van der Waals surface area (Å²) in [5.41, 5.74) is 6.92. The second-order valence-electron chi connectivity index (χ2n) is 11.0. The van der Waals surface area contributed by atoms with Crippen LogP contribution in [0.15, 0.2) is 42.7 Å². The average molecular weight is 647 g/mol. The number of piperidine rings is 1. The van der Waals surface area contributed by atoms with Crippen molar-refractivity contribution in [3.63, 3.8) is 0 Å². The molecule has 0 aliphatic carbocycles. The summed E-state index contributed by atoms with van der Waals surface area (Å²) in [5.74, 6) is -1.89. The summed E-state index contributed by atoms with van der Waals surface area (Å²) in [4.78, 5) is 32.5. The highest BCUT2D eigenvalue weighted by atomic mass is 19.4. The van der Waals surface area contributed by atoms with Gasteiger partial charge in [0, 0.05) is 51.3 Å². The van der Waals surface area contributed by atoms with Gasteiger partial charge in [-0.25, -0.2) is 27.9 Å². The van der Waals surface area contributed by atoms with Gasteiger partial charge in [-0.15, -0.1) is 0 Å². The number of carbonyl (C=O) groups excluding carboxylic acids is 2. The number of fused-ring (bicyclic) bond motifs is 1. The lowest BCUT2D eigenvalue weighted by molar-refractivity contribution is -0.137. The molecule has 4 aromatic rings. The highest BCUT2D eigenvalue weighted by Crippen LogP contribution is 2.42. The van der Waals surface area contributed by atoms with E-state index in [9.17, 15) is 27.2 Å². The number of anilines is 3. The number of carbonyl (C=O) groups is 2. The number of ether oxygens (including phenoxy) is 1. The third kappa shape index (κ3) is 6.38. The molecule has 4 N–H and O–H groups in total. The fraction of sp³-hybridized carbons (Fsp3) is 0.333. The van der Waals surface area contributed by atoms with Crippen molar-refractivity contribution >= 4 is 34.8 Å². The predicted molar refractivity (Wildman–Crippen MR) is 160 cm³/mol. The number of rotatable bonds is 6. The highest BCUT2D eigenvalue weighted by molar-refractivity contribution is 6.00. The molecule has 5 rings (SSSR count). The Kier molecular flexibility index (Phi) is 9.01. The number of alkyl halides is 3. The number of hydrogen-bond acceptors (Lipinski definition) is 6. The lowest BCUT2D eigenvalue weighted by Gasteiger charge is -2.34. The molecule has 1 saturated heterocycles. The van der Waals surface area contributed by atoms with Crippen LogP contribution in [0.25, 0.3) is 16.6 Å². The van der Waals surface area contributed by atoms with Gasteiger partial charge in [0.1, 0.15) is 23.5 Å². The van der Waals surface area contributed by atoms with Crippen molar-refractivity contribution in [3.8, 4) is 11.1 Å². The number of benzene rings is 2. The number of nitrogens with one attached hydrogen (secondary N) is 2. The summed E-state index contributed by atoms with van der Waals surface area (Å²) in [6.07, 6.45) is -2.18. The number of methoxy groups -OCH3 is 1. The first-order valence-electron chi connectivity index (χ1n) is 14.1. The molecule has 0 saturated carbocycles. The number of nitrogen functional groups attached to an aromatic ring is 1. The van der Waals surface area contributed by atoms with Crippen molar-refractivity contribution in [3.05, 3.63) is 71.2 Å². The summed E-state index contributed by atoms with van der Waals surface area (Å²) >= 11 is 0. The van der Waals surface area contributed by atoms with Crippen LogP contribution < -0.4 is 16.4 Å². The maximum Gasteiger partial charge on any atom is 0.416 e. The van der Waals surface area contributed by atoms with Gasteiger partial charge in [-0.05, 0) is 48.7 Å². The molecule has 0 unspecified atom stereocenters. The number of nitrogens with two attached hydrogens (primary N) is 1. The summed E-state index contributed by atoms with van der Waals surface area (Å²) in [6, 6.07) is 4.26. The predicted octanol–water partition coefficient (Wildman–Crippen LogP) is 5.93. The molecule has 11 nitrogen and oxygen atoms in total. The van der Waals surface area contributed by atoms with Crippen LogP contribution >= 0.6 is 0 Å². The zero-order valence-corrected chi connectivity index (χ0v) is 25.1. The van der Waals surface area contributed by atoms with E-state index in [1.807, 2.05) is 5.32 Å². The van der Waals surface area contributed by atoms with E-state index in [0.29, 0.717) is 66.3 Å². The Bertz CT molecular complexity index is 1780. The van der Waals surface area contributed by atoms with E-state index in [-0.39, 0.29) is 30.1 Å². The van der Waals surface area contributed by atoms with Crippen molar-refractivity contribution in [2.45, 2.75) is 31.5 Å². The topological polar surface area (TPSA) is 130 Å². The molecule has 1 fully saturated rings. The minimum Gasteiger partial charge on any atom is -0.382 e. The summed E-state index contributed by atoms with van der Waals surface area (Å²) < 4.78 is 76.0. The molecule has 46 heavy (non-hydrogen) atoms. The molecule has 0 spiro atoms. The van der Waals surface area contributed by atoms with Crippen LogP contribution in [0.2, 0.25) is 0 Å². The molecule has 244 valence electrons. The third-order valence-electron chi connectivity index (χ3n) is 7.77. The molecule has 2 aromatic carbocycles. The molecule has 4 amide bonds. The first-order valence-corrected chi connectivity index (χ1v) is 14.1. The van der Waals surface area contributed by atoms with Gasteiger partial charge in [0.25, 0.3) is 0 Å². The van der Waals surface area contributed by atoms with Crippen LogP contribution in [0.3, 0.4) is 0 Å². The Morgan fingerprint density at radius 2 is 1.74 bits per heavy atom. The van der Waals surface area contributed by atoms with E-state index in [1.165, 1.54) is 30.5 Å². The molecule has 1 aliphatic rings. The van der Waals surface area contributed by atoms with E-state index < -0.39 is 35.1 Å². The minimum absolute atomic E-state index is 0.0439. The monoisotopic (exact) mass is 646 g/mol. The molecule has 16 heteroatoms. The van der Waals surface area contributed by atoms with E-state index in [2.05, 4.69) is 15.4 Å². The van der Waals surface area contributed by atoms with Crippen molar-refractivity contribution in [1.29, 1.82) is 0 Å². The van der Waals surface area contributed by atoms with Gasteiger partial charge in [0.05, 0.1) is 29.2 Å². The number of nitrogens with zero attached hydrogens (tertiary/aromatic N) is 5. The van der Waals surface area contributed by atoms with E-state index in [4.69, 9.17) is 10.5 Å². The molecule has 0 atom stereocenters. The Morgan fingerprint density at radius 1 is 1.04 bits per heavy atom. The first kappa shape index (κ1) is 32.4. The molecule has 1 aliphatic heterocycles. The maximum atomic E-state index is 15.5. The van der Waals surface area contributed by atoms with Gasteiger partial charge < -0.3 is 30.9 Å². The molecule has 0 radical (unpaired) electrons. The number of amides is 4. The zero-order valence-electron chi connectivity index (χ0n) is 25.1. The average Bonchev–Trinajstić information content (AvgIpc) is 3.33. The van der Waals surface area contributed by atoms with Gasteiger partial charge in [-0.2, -0.15) is 18.3 Å². The van der Waals surface area contributed by atoms with Crippen molar-refractivity contribution in [1.82, 2.24) is 24.4 Å². The standard InChI is InChI=1S/C30H31F5N8O3/c1-41(2)29(45)42-10-8-16(9-11-42)25-19(14-46-3)24(26-27(36)37-15-38-43(25)26)17-4-7-22(21(32)12-17)39-28(44)40-23-13-18(30(33,34)35)5-6-20(23)31/h4-7,12-13,15-16H,8-11,14H2,1-3H3,(H2,36,37,38)(H2,39,40,44). The molecule has 3 heterocycles. The molecule has 0 bridgehead atoms. The smallest absolute Gasteiger partial charge is 0.382 e. The van der Waals surface area contributed by atoms with Gasteiger partial charge in [-0.3, -0.25) is 0 Å². The quantitative estimate of drug-likeness (QED) is 0.223. The largest absolute Gasteiger partial charge is 0.416 e. The van der Waals surface area contributed by atoms with Crippen molar-refractivity contribution in [2.75, 3.05) is 50.7 Å². The Balaban J connectivity index is 1.46. The summed E-state index contributed by atoms with van der Waals surface area (Å²) in [6.45, 7) is 1.15. The Morgan fingerprint density at radius 3 is 2.37 bits per heavy atom. The van der Waals surface area contributed by atoms with Gasteiger partial charge in [0.15, 0.2) is 5.82 Å². The van der Waals surface area contributed by atoms with Crippen LogP contribution in [0.1, 0.15) is 35.6 Å². The van der Waals surface area contributed by atoms with Crippen LogP contribution in [-0.4, -0.2) is 70.8 Å². The fourth-order valence-corrected chi connectivity index (χ4v) is 5.68. The van der Waals surface area contributed by atoms with Crippen LogP contribution in [0.4, 0.5) is 48.7 Å². The maximum absolute atomic E-state index is 15.5. The first-order chi connectivity index (χ1) is 21.8. The van der Waals surface area contributed by atoms with Crippen molar-refractivity contribution in [2.24, 2.45) is 0 Å². The lowest BCUT2D eigenvalue weighted by atomic mass is 9.89. The van der Waals surface area contributed by atoms with Crippen molar-refractivity contribution < 1.29 is 36.3 Å². The molecule has 2 aromatic heterocycles. The number of aromatic nitrogens is 3. The van der Waals surface area contributed by atoms with Crippen LogP contribution in [0.5, 0.6) is 0 Å². The number of urea groups is 2. The highest BCUT2D eigenvalue weighted by Gasteiger charge is 2.33. The zero-order chi connectivity index (χ0) is 33.3. The second kappa shape index (κ2) is 12.8. The number of likely N-dealkylation sites (tertiary alicyclic amines) is 1. The van der Waals surface area contributed by atoms with Gasteiger partial charge in [-0.1, -0.05) is 6.07 Å². The summed E-state index contributed by atoms with van der Waals surface area (Å²) in [7, 11) is 4.91.